The second-order valence-electron chi connectivity index (χ2n) is 7.20. The van der Waals surface area contributed by atoms with Gasteiger partial charge in [0.05, 0.1) is 36.9 Å². The molecule has 1 aliphatic heterocycles. The molecule has 3 aromatic carbocycles. The summed E-state index contributed by atoms with van der Waals surface area (Å²) in [5.74, 6) is -1.68. The molecule has 3 amide bonds. The molecular weight excluding hydrogens is 494 g/mol. The molecule has 1 heterocycles. The first-order chi connectivity index (χ1) is 15.1. The number of aryl methyl sites for hydroxylation is 1. The van der Waals surface area contributed by atoms with Crippen LogP contribution in [0.25, 0.3) is 0 Å². The molecule has 4 rings (SSSR count). The standard InChI is InChI=1S/C23H14Cl4N2O3/c1-10-4-3-5-14(11(10)2)28-21(30)12-6-8-13(9-7-12)29-22(31)15-16(23(29)32)18(25)20(27)19(26)17(15)24/h3-9H,1-2H3,(H,28,30). The van der Waals surface area contributed by atoms with E-state index in [9.17, 15) is 14.4 Å². The van der Waals surface area contributed by atoms with Gasteiger partial charge in [0, 0.05) is 11.3 Å². The number of rotatable bonds is 3. The molecule has 9 heteroatoms. The number of hydrogen-bond donors (Lipinski definition) is 1. The average Bonchev–Trinajstić information content (AvgIpc) is 3.04. The number of benzene rings is 3. The lowest BCUT2D eigenvalue weighted by Gasteiger charge is -2.15. The van der Waals surface area contributed by atoms with Crippen LogP contribution in [-0.4, -0.2) is 17.7 Å². The van der Waals surface area contributed by atoms with Crippen LogP contribution in [0.2, 0.25) is 20.1 Å². The third-order valence-electron chi connectivity index (χ3n) is 5.34. The van der Waals surface area contributed by atoms with Crippen LogP contribution < -0.4 is 10.2 Å². The van der Waals surface area contributed by atoms with E-state index < -0.39 is 11.8 Å². The Morgan fingerprint density at radius 1 is 0.781 bits per heavy atom. The summed E-state index contributed by atoms with van der Waals surface area (Å²) in [5.41, 5.74) is 3.13. The summed E-state index contributed by atoms with van der Waals surface area (Å²) in [4.78, 5) is 39.5. The van der Waals surface area contributed by atoms with Crippen molar-refractivity contribution in [3.63, 3.8) is 0 Å². The van der Waals surface area contributed by atoms with E-state index in [2.05, 4.69) is 5.32 Å². The third-order valence-corrected chi connectivity index (χ3v) is 7.14. The summed E-state index contributed by atoms with van der Waals surface area (Å²) in [5, 5.41) is 2.39. The van der Waals surface area contributed by atoms with Crippen molar-refractivity contribution in [1.29, 1.82) is 0 Å². The Bertz CT molecular complexity index is 1270. The van der Waals surface area contributed by atoms with E-state index in [4.69, 9.17) is 46.4 Å². The van der Waals surface area contributed by atoms with Crippen molar-refractivity contribution >= 4 is 75.5 Å². The second-order valence-corrected chi connectivity index (χ2v) is 8.71. The highest BCUT2D eigenvalue weighted by atomic mass is 35.5. The number of halogens is 4. The van der Waals surface area contributed by atoms with Gasteiger partial charge in [-0.25, -0.2) is 4.90 Å². The number of imide groups is 1. The van der Waals surface area contributed by atoms with Crippen LogP contribution in [0.4, 0.5) is 11.4 Å². The molecule has 0 fully saturated rings. The highest BCUT2D eigenvalue weighted by Crippen LogP contribution is 2.45. The zero-order valence-corrected chi connectivity index (χ0v) is 19.7. The first-order valence-electron chi connectivity index (χ1n) is 9.35. The normalized spacial score (nSPS) is 12.9. The van der Waals surface area contributed by atoms with E-state index in [1.165, 1.54) is 24.3 Å². The lowest BCUT2D eigenvalue weighted by Crippen LogP contribution is -2.29. The van der Waals surface area contributed by atoms with E-state index in [1.54, 1.807) is 0 Å². The Morgan fingerprint density at radius 2 is 1.31 bits per heavy atom. The smallest absolute Gasteiger partial charge is 0.267 e. The summed E-state index contributed by atoms with van der Waals surface area (Å²) in [6.07, 6.45) is 0. The largest absolute Gasteiger partial charge is 0.322 e. The van der Waals surface area contributed by atoms with Gasteiger partial charge in [-0.15, -0.1) is 0 Å². The SMILES string of the molecule is Cc1cccc(NC(=O)c2ccc(N3C(=O)c4c(Cl)c(Cl)c(Cl)c(Cl)c4C3=O)cc2)c1C. The monoisotopic (exact) mass is 506 g/mol. The number of hydrogen-bond acceptors (Lipinski definition) is 3. The van der Waals surface area contributed by atoms with Gasteiger partial charge in [0.1, 0.15) is 0 Å². The van der Waals surface area contributed by atoms with Crippen molar-refractivity contribution < 1.29 is 14.4 Å². The van der Waals surface area contributed by atoms with Gasteiger partial charge in [0.2, 0.25) is 0 Å². The minimum Gasteiger partial charge on any atom is -0.322 e. The van der Waals surface area contributed by atoms with Gasteiger partial charge >= 0.3 is 0 Å². The Kier molecular flexibility index (Phi) is 5.94. The summed E-state index contributed by atoms with van der Waals surface area (Å²) < 4.78 is 0. The van der Waals surface area contributed by atoms with E-state index in [0.29, 0.717) is 11.3 Å². The minimum atomic E-state index is -0.678. The lowest BCUT2D eigenvalue weighted by atomic mass is 10.1. The number of anilines is 2. The van der Waals surface area contributed by atoms with Crippen molar-refractivity contribution in [2.45, 2.75) is 13.8 Å². The van der Waals surface area contributed by atoms with Gasteiger partial charge < -0.3 is 5.32 Å². The average molecular weight is 508 g/mol. The number of fused-ring (bicyclic) bond motifs is 1. The second kappa shape index (κ2) is 8.41. The van der Waals surface area contributed by atoms with Crippen molar-refractivity contribution in [1.82, 2.24) is 0 Å². The minimum absolute atomic E-state index is 0.0986. The van der Waals surface area contributed by atoms with Gasteiger partial charge in [0.25, 0.3) is 17.7 Å². The molecule has 5 nitrogen and oxygen atoms in total. The molecule has 162 valence electrons. The Balaban J connectivity index is 1.63. The van der Waals surface area contributed by atoms with Crippen LogP contribution in [0.3, 0.4) is 0 Å². The molecule has 32 heavy (non-hydrogen) atoms. The topological polar surface area (TPSA) is 66.5 Å². The summed E-state index contributed by atoms with van der Waals surface area (Å²) in [7, 11) is 0. The molecule has 0 atom stereocenters. The van der Waals surface area contributed by atoms with Crippen molar-refractivity contribution in [3.05, 3.63) is 90.4 Å². The molecule has 1 aliphatic rings. The molecule has 0 unspecified atom stereocenters. The summed E-state index contributed by atoms with van der Waals surface area (Å²) in [6, 6.07) is 11.6. The molecule has 0 bridgehead atoms. The predicted molar refractivity (Wildman–Crippen MR) is 128 cm³/mol. The molecule has 1 N–H and O–H groups in total. The third kappa shape index (κ3) is 3.55. The van der Waals surface area contributed by atoms with Crippen LogP contribution in [0, 0.1) is 13.8 Å². The molecule has 0 aliphatic carbocycles. The Hall–Kier alpha value is -2.57. The van der Waals surface area contributed by atoms with Crippen LogP contribution in [0.15, 0.2) is 42.5 Å². The van der Waals surface area contributed by atoms with Crippen LogP contribution >= 0.6 is 46.4 Å². The fourth-order valence-corrected chi connectivity index (χ4v) is 4.44. The molecule has 0 saturated carbocycles. The molecule has 0 aromatic heterocycles. The van der Waals surface area contributed by atoms with Crippen LogP contribution in [-0.2, 0) is 0 Å². The van der Waals surface area contributed by atoms with Gasteiger partial charge in [-0.1, -0.05) is 58.5 Å². The highest BCUT2D eigenvalue weighted by molar-refractivity contribution is 6.56. The maximum atomic E-state index is 13.0. The zero-order chi connectivity index (χ0) is 23.3. The maximum Gasteiger partial charge on any atom is 0.267 e. The van der Waals surface area contributed by atoms with Gasteiger partial charge in [-0.3, -0.25) is 14.4 Å². The molecule has 3 aromatic rings. The Morgan fingerprint density at radius 3 is 1.84 bits per heavy atom. The fraction of sp³-hybridized carbons (Fsp3) is 0.0870. The molecule has 0 radical (unpaired) electrons. The van der Waals surface area contributed by atoms with E-state index in [-0.39, 0.29) is 42.8 Å². The number of carbonyl (C=O) groups is 3. The Labute approximate surface area is 203 Å². The number of nitrogens with one attached hydrogen (secondary N) is 1. The quantitative estimate of drug-likeness (QED) is 0.236. The van der Waals surface area contributed by atoms with Crippen LogP contribution in [0.1, 0.15) is 42.2 Å². The highest BCUT2D eigenvalue weighted by Gasteiger charge is 2.42. The lowest BCUT2D eigenvalue weighted by molar-refractivity contribution is 0.0925. The van der Waals surface area contributed by atoms with Gasteiger partial charge in [-0.2, -0.15) is 0 Å². The first-order valence-corrected chi connectivity index (χ1v) is 10.9. The van der Waals surface area contributed by atoms with E-state index in [0.717, 1.165) is 16.0 Å². The number of carbonyl (C=O) groups excluding carboxylic acids is 3. The van der Waals surface area contributed by atoms with Gasteiger partial charge in [0.15, 0.2) is 0 Å². The van der Waals surface area contributed by atoms with E-state index >= 15 is 0 Å². The van der Waals surface area contributed by atoms with Crippen LogP contribution in [0.5, 0.6) is 0 Å². The number of nitrogens with zero attached hydrogens (tertiary/aromatic N) is 1. The van der Waals surface area contributed by atoms with Crippen molar-refractivity contribution in [3.8, 4) is 0 Å². The predicted octanol–water partition coefficient (Wildman–Crippen LogP) is 6.97. The van der Waals surface area contributed by atoms with E-state index in [1.807, 2.05) is 32.0 Å². The first kappa shape index (κ1) is 22.6. The zero-order valence-electron chi connectivity index (χ0n) is 16.7. The van der Waals surface area contributed by atoms with Gasteiger partial charge in [-0.05, 0) is 55.3 Å². The summed E-state index contributed by atoms with van der Waals surface area (Å²) in [6.45, 7) is 3.88. The van der Waals surface area contributed by atoms with Crippen molar-refractivity contribution in [2.75, 3.05) is 10.2 Å². The fourth-order valence-electron chi connectivity index (χ4n) is 3.43. The molecular formula is C23H14Cl4N2O3. The summed E-state index contributed by atoms with van der Waals surface area (Å²) >= 11 is 24.4. The maximum absolute atomic E-state index is 13.0. The van der Waals surface area contributed by atoms with Crippen molar-refractivity contribution in [2.24, 2.45) is 0 Å². The molecule has 0 spiro atoms. The number of amides is 3. The molecule has 0 saturated heterocycles.